The van der Waals surface area contributed by atoms with Gasteiger partial charge in [-0.25, -0.2) is 0 Å². The lowest BCUT2D eigenvalue weighted by Crippen LogP contribution is -2.23. The van der Waals surface area contributed by atoms with Gasteiger partial charge in [-0.2, -0.15) is 0 Å². The molecule has 0 aliphatic rings. The lowest BCUT2D eigenvalue weighted by Gasteiger charge is -2.14. The van der Waals surface area contributed by atoms with Gasteiger partial charge in [0, 0.05) is 30.2 Å². The van der Waals surface area contributed by atoms with E-state index in [2.05, 4.69) is 49.4 Å². The number of aromatic nitrogens is 1. The number of hydrogen-bond donors (Lipinski definition) is 2. The van der Waals surface area contributed by atoms with Gasteiger partial charge >= 0.3 is 0 Å². The molecule has 5 heteroatoms. The van der Waals surface area contributed by atoms with Crippen molar-refractivity contribution >= 4 is 33.6 Å². The van der Waals surface area contributed by atoms with E-state index in [0.29, 0.717) is 6.04 Å². The van der Waals surface area contributed by atoms with Crippen LogP contribution in [-0.2, 0) is 0 Å². The van der Waals surface area contributed by atoms with Crippen LogP contribution in [0.15, 0.2) is 18.3 Å². The summed E-state index contributed by atoms with van der Waals surface area (Å²) >= 11 is 0. The highest BCUT2D eigenvalue weighted by Gasteiger charge is 2.09. The van der Waals surface area contributed by atoms with E-state index in [9.17, 15) is 0 Å². The minimum atomic E-state index is 0. The second-order valence-corrected chi connectivity index (χ2v) is 6.73. The molecule has 0 saturated carbocycles. The van der Waals surface area contributed by atoms with Gasteiger partial charge in [0.2, 0.25) is 0 Å². The number of unbranched alkanes of at least 4 members (excludes halogenated alkanes) is 2. The van der Waals surface area contributed by atoms with Crippen molar-refractivity contribution in [3.8, 4) is 5.75 Å². The van der Waals surface area contributed by atoms with E-state index in [4.69, 9.17) is 4.74 Å². The molecule has 0 aliphatic carbocycles. The van der Waals surface area contributed by atoms with Crippen LogP contribution in [0.25, 0.3) is 10.9 Å². The minimum Gasteiger partial charge on any atom is -0.497 e. The van der Waals surface area contributed by atoms with E-state index in [1.165, 1.54) is 24.0 Å². The van der Waals surface area contributed by atoms with E-state index in [1.807, 2.05) is 12.3 Å². The SMILES string of the molecule is Br.COc1cc(NCCCCCNC(C)C)c2ncc(C)c(C)c2c1. The number of benzene rings is 1. The summed E-state index contributed by atoms with van der Waals surface area (Å²) in [6, 6.07) is 4.70. The maximum Gasteiger partial charge on any atom is 0.121 e. The molecule has 1 aromatic carbocycles. The molecule has 140 valence electrons. The average molecular weight is 410 g/mol. The van der Waals surface area contributed by atoms with Crippen LogP contribution >= 0.6 is 17.0 Å². The summed E-state index contributed by atoms with van der Waals surface area (Å²) in [5.74, 6) is 0.877. The van der Waals surface area contributed by atoms with Crippen LogP contribution in [0.2, 0.25) is 0 Å². The number of rotatable bonds is 9. The van der Waals surface area contributed by atoms with Crippen LogP contribution in [0.5, 0.6) is 5.75 Å². The van der Waals surface area contributed by atoms with E-state index >= 15 is 0 Å². The highest BCUT2D eigenvalue weighted by atomic mass is 79.9. The highest BCUT2D eigenvalue weighted by molar-refractivity contribution is 8.93. The third-order valence-electron chi connectivity index (χ3n) is 4.42. The summed E-state index contributed by atoms with van der Waals surface area (Å²) in [5.41, 5.74) is 4.56. The predicted molar refractivity (Wildman–Crippen MR) is 114 cm³/mol. The van der Waals surface area contributed by atoms with Gasteiger partial charge in [0.15, 0.2) is 0 Å². The number of aryl methyl sites for hydroxylation is 2. The van der Waals surface area contributed by atoms with Crippen molar-refractivity contribution in [3.63, 3.8) is 0 Å². The molecule has 0 bridgehead atoms. The Morgan fingerprint density at radius 3 is 2.48 bits per heavy atom. The van der Waals surface area contributed by atoms with E-state index in [1.54, 1.807) is 7.11 Å². The van der Waals surface area contributed by atoms with Crippen molar-refractivity contribution in [1.29, 1.82) is 0 Å². The zero-order valence-corrected chi connectivity index (χ0v) is 17.8. The van der Waals surface area contributed by atoms with Gasteiger partial charge in [-0.3, -0.25) is 4.98 Å². The molecule has 1 heterocycles. The predicted octanol–water partition coefficient (Wildman–Crippen LogP) is 5.02. The molecule has 0 spiro atoms. The van der Waals surface area contributed by atoms with Gasteiger partial charge in [-0.05, 0) is 50.4 Å². The van der Waals surface area contributed by atoms with Crippen LogP contribution in [0.3, 0.4) is 0 Å². The van der Waals surface area contributed by atoms with Crippen LogP contribution in [0.1, 0.15) is 44.2 Å². The molecule has 0 unspecified atom stereocenters. The number of ether oxygens (including phenoxy) is 1. The maximum atomic E-state index is 5.46. The second kappa shape index (κ2) is 10.6. The molecule has 2 rings (SSSR count). The zero-order chi connectivity index (χ0) is 17.5. The molecular weight excluding hydrogens is 378 g/mol. The van der Waals surface area contributed by atoms with Crippen LogP contribution < -0.4 is 15.4 Å². The third-order valence-corrected chi connectivity index (χ3v) is 4.42. The van der Waals surface area contributed by atoms with Gasteiger partial charge in [0.05, 0.1) is 18.3 Å². The Labute approximate surface area is 162 Å². The quantitative estimate of drug-likeness (QED) is 0.570. The van der Waals surface area contributed by atoms with Crippen molar-refractivity contribution in [2.75, 3.05) is 25.5 Å². The fourth-order valence-electron chi connectivity index (χ4n) is 2.80. The fourth-order valence-corrected chi connectivity index (χ4v) is 2.80. The number of halogens is 1. The standard InChI is InChI=1S/C20H31N3O.BrH/c1-14(2)21-9-7-6-8-10-22-19-12-17(24-5)11-18-16(4)15(3)13-23-20(18)19;/h11-14,21-22H,6-10H2,1-5H3;1H. The van der Waals surface area contributed by atoms with E-state index in [-0.39, 0.29) is 17.0 Å². The molecular formula is C20H32BrN3O. The summed E-state index contributed by atoms with van der Waals surface area (Å²) in [6.07, 6.45) is 5.55. The average Bonchev–Trinajstić information content (AvgIpc) is 2.56. The Morgan fingerprint density at radius 1 is 1.08 bits per heavy atom. The molecule has 2 aromatic rings. The summed E-state index contributed by atoms with van der Waals surface area (Å²) in [6.45, 7) is 10.7. The first-order chi connectivity index (χ1) is 11.5. The molecule has 0 saturated heterocycles. The first kappa shape index (κ1) is 21.7. The molecule has 1 aromatic heterocycles. The molecule has 25 heavy (non-hydrogen) atoms. The first-order valence-corrected chi connectivity index (χ1v) is 8.94. The topological polar surface area (TPSA) is 46.2 Å². The molecule has 0 amide bonds. The summed E-state index contributed by atoms with van der Waals surface area (Å²) in [4.78, 5) is 4.64. The Bertz CT molecular complexity index is 674. The normalized spacial score (nSPS) is 10.8. The molecule has 0 radical (unpaired) electrons. The van der Waals surface area contributed by atoms with Gasteiger partial charge in [-0.15, -0.1) is 17.0 Å². The Morgan fingerprint density at radius 2 is 1.80 bits per heavy atom. The lowest BCUT2D eigenvalue weighted by molar-refractivity contribution is 0.415. The van der Waals surface area contributed by atoms with Gasteiger partial charge in [0.25, 0.3) is 0 Å². The van der Waals surface area contributed by atoms with Crippen LogP contribution in [-0.4, -0.2) is 31.2 Å². The number of fused-ring (bicyclic) bond motifs is 1. The smallest absolute Gasteiger partial charge is 0.121 e. The van der Waals surface area contributed by atoms with Crippen molar-refractivity contribution in [2.24, 2.45) is 0 Å². The minimum absolute atomic E-state index is 0. The van der Waals surface area contributed by atoms with E-state index < -0.39 is 0 Å². The molecule has 0 fully saturated rings. The van der Waals surface area contributed by atoms with Crippen molar-refractivity contribution in [2.45, 2.75) is 53.0 Å². The number of hydrogen-bond acceptors (Lipinski definition) is 4. The van der Waals surface area contributed by atoms with Crippen molar-refractivity contribution < 1.29 is 4.74 Å². The number of methoxy groups -OCH3 is 1. The Kier molecular flexibility index (Phi) is 9.22. The number of anilines is 1. The van der Waals surface area contributed by atoms with Crippen LogP contribution in [0, 0.1) is 13.8 Å². The highest BCUT2D eigenvalue weighted by Crippen LogP contribution is 2.31. The van der Waals surface area contributed by atoms with Gasteiger partial charge < -0.3 is 15.4 Å². The third kappa shape index (κ3) is 6.15. The van der Waals surface area contributed by atoms with Crippen molar-refractivity contribution in [3.05, 3.63) is 29.5 Å². The number of nitrogens with one attached hydrogen (secondary N) is 2. The van der Waals surface area contributed by atoms with Crippen molar-refractivity contribution in [1.82, 2.24) is 10.3 Å². The number of nitrogens with zero attached hydrogens (tertiary/aromatic N) is 1. The summed E-state index contributed by atoms with van der Waals surface area (Å²) in [7, 11) is 1.71. The monoisotopic (exact) mass is 409 g/mol. The first-order valence-electron chi connectivity index (χ1n) is 8.94. The van der Waals surface area contributed by atoms with E-state index in [0.717, 1.165) is 41.9 Å². The lowest BCUT2D eigenvalue weighted by atomic mass is 10.0. The Hall–Kier alpha value is -1.33. The molecule has 2 N–H and O–H groups in total. The maximum absolute atomic E-state index is 5.46. The van der Waals surface area contributed by atoms with Crippen LogP contribution in [0.4, 0.5) is 5.69 Å². The summed E-state index contributed by atoms with van der Waals surface area (Å²) in [5, 5.41) is 8.17. The fraction of sp³-hybridized carbons (Fsp3) is 0.550. The van der Waals surface area contributed by atoms with Gasteiger partial charge in [-0.1, -0.05) is 20.3 Å². The zero-order valence-electron chi connectivity index (χ0n) is 16.1. The number of pyridine rings is 1. The second-order valence-electron chi connectivity index (χ2n) is 6.73. The molecule has 0 aliphatic heterocycles. The largest absolute Gasteiger partial charge is 0.497 e. The van der Waals surface area contributed by atoms with Gasteiger partial charge in [0.1, 0.15) is 5.75 Å². The molecule has 4 nitrogen and oxygen atoms in total. The molecule has 0 atom stereocenters. The summed E-state index contributed by atoms with van der Waals surface area (Å²) < 4.78 is 5.46. The Balaban J connectivity index is 0.00000312.